The molecular weight excluding hydrogens is 268 g/mol. The normalized spacial score (nSPS) is 9.48. The monoisotopic (exact) mass is 282 g/mol. The molecule has 1 N–H and O–H groups in total. The lowest BCUT2D eigenvalue weighted by Crippen LogP contribution is -2.20. The molecule has 2 aromatic carbocycles. The number of hydrogen-bond donors (Lipinski definition) is 1. The molecule has 0 unspecified atom stereocenters. The van der Waals surface area contributed by atoms with E-state index in [1.165, 1.54) is 0 Å². The molecule has 2 aromatic rings. The molecule has 0 aliphatic rings. The van der Waals surface area contributed by atoms with Gasteiger partial charge in [-0.3, -0.25) is 4.79 Å². The molecule has 0 spiro atoms. The maximum absolute atomic E-state index is 11.8. The fraction of sp³-hybridized carbons (Fsp3) is 0.125. The van der Waals surface area contributed by atoms with Gasteiger partial charge in [0, 0.05) is 11.8 Å². The lowest BCUT2D eigenvalue weighted by molar-refractivity contribution is -0.118. The first-order chi connectivity index (χ1) is 10.3. The molecule has 0 bridgehead atoms. The molecule has 0 atom stereocenters. The standard InChI is InChI=1S/C16H14N2O3/c17-9-10-20-15-8-4-5-13(11-15)18-16(19)12-21-14-6-2-1-3-7-14/h1-8,11H,10,12H2,(H,18,19). The zero-order chi connectivity index (χ0) is 14.9. The Balaban J connectivity index is 1.86. The number of para-hydroxylation sites is 1. The summed E-state index contributed by atoms with van der Waals surface area (Å²) in [6.45, 7) is -0.109. The summed E-state index contributed by atoms with van der Waals surface area (Å²) in [7, 11) is 0. The van der Waals surface area contributed by atoms with E-state index in [4.69, 9.17) is 14.7 Å². The molecule has 106 valence electrons. The summed E-state index contributed by atoms with van der Waals surface area (Å²) in [6, 6.07) is 17.8. The number of amides is 1. The Morgan fingerprint density at radius 2 is 1.81 bits per heavy atom. The van der Waals surface area contributed by atoms with Crippen LogP contribution in [-0.2, 0) is 4.79 Å². The number of benzene rings is 2. The van der Waals surface area contributed by atoms with Crippen LogP contribution in [-0.4, -0.2) is 19.1 Å². The van der Waals surface area contributed by atoms with Gasteiger partial charge in [0.15, 0.2) is 13.2 Å². The van der Waals surface area contributed by atoms with Crippen LogP contribution in [0, 0.1) is 11.3 Å². The molecular formula is C16H14N2O3. The number of carbonyl (C=O) groups excluding carboxylic acids is 1. The van der Waals surface area contributed by atoms with Gasteiger partial charge in [-0.1, -0.05) is 24.3 Å². The third-order valence-corrected chi connectivity index (χ3v) is 2.53. The molecule has 0 radical (unpaired) electrons. The first-order valence-corrected chi connectivity index (χ1v) is 6.35. The highest BCUT2D eigenvalue weighted by Crippen LogP contribution is 2.17. The van der Waals surface area contributed by atoms with Crippen molar-refractivity contribution in [3.05, 3.63) is 54.6 Å². The molecule has 0 aliphatic heterocycles. The fourth-order valence-corrected chi connectivity index (χ4v) is 1.64. The molecule has 21 heavy (non-hydrogen) atoms. The van der Waals surface area contributed by atoms with Crippen molar-refractivity contribution in [2.24, 2.45) is 0 Å². The Labute approximate surface area is 122 Å². The lowest BCUT2D eigenvalue weighted by Gasteiger charge is -2.08. The van der Waals surface area contributed by atoms with Crippen LogP contribution in [0.15, 0.2) is 54.6 Å². The van der Waals surface area contributed by atoms with Crippen LogP contribution in [0.2, 0.25) is 0 Å². The maximum Gasteiger partial charge on any atom is 0.262 e. The summed E-state index contributed by atoms with van der Waals surface area (Å²) in [5, 5.41) is 11.2. The molecule has 5 nitrogen and oxygen atoms in total. The van der Waals surface area contributed by atoms with Crippen molar-refractivity contribution >= 4 is 11.6 Å². The fourth-order valence-electron chi connectivity index (χ4n) is 1.64. The number of rotatable bonds is 6. The Hall–Kier alpha value is -3.00. The van der Waals surface area contributed by atoms with Gasteiger partial charge in [-0.25, -0.2) is 0 Å². The zero-order valence-corrected chi connectivity index (χ0v) is 11.3. The second-order valence-corrected chi connectivity index (χ2v) is 4.12. The minimum absolute atomic E-state index is 0.0332. The summed E-state index contributed by atoms with van der Waals surface area (Å²) in [4.78, 5) is 11.8. The second kappa shape index (κ2) is 7.56. The third kappa shape index (κ3) is 4.88. The van der Waals surface area contributed by atoms with Gasteiger partial charge in [-0.2, -0.15) is 5.26 Å². The summed E-state index contributed by atoms with van der Waals surface area (Å²) in [5.74, 6) is 0.897. The predicted octanol–water partition coefficient (Wildman–Crippen LogP) is 2.61. The average Bonchev–Trinajstić information content (AvgIpc) is 2.52. The van der Waals surface area contributed by atoms with Gasteiger partial charge in [0.1, 0.15) is 17.6 Å². The van der Waals surface area contributed by atoms with Crippen LogP contribution in [0.3, 0.4) is 0 Å². The molecule has 1 amide bonds. The quantitative estimate of drug-likeness (QED) is 0.884. The van der Waals surface area contributed by atoms with Gasteiger partial charge < -0.3 is 14.8 Å². The molecule has 0 saturated carbocycles. The number of anilines is 1. The van der Waals surface area contributed by atoms with E-state index in [1.54, 1.807) is 36.4 Å². The van der Waals surface area contributed by atoms with Crippen LogP contribution in [0.1, 0.15) is 0 Å². The van der Waals surface area contributed by atoms with Gasteiger partial charge in [-0.05, 0) is 24.3 Å². The number of ether oxygens (including phenoxy) is 2. The SMILES string of the molecule is N#CCOc1cccc(NC(=O)COc2ccccc2)c1. The van der Waals surface area contributed by atoms with E-state index in [9.17, 15) is 4.79 Å². The first-order valence-electron chi connectivity index (χ1n) is 6.35. The topological polar surface area (TPSA) is 71.3 Å². The minimum Gasteiger partial charge on any atom is -0.484 e. The van der Waals surface area contributed by atoms with Crippen molar-refractivity contribution in [2.45, 2.75) is 0 Å². The van der Waals surface area contributed by atoms with Crippen molar-refractivity contribution in [3.8, 4) is 17.6 Å². The second-order valence-electron chi connectivity index (χ2n) is 4.12. The van der Waals surface area contributed by atoms with E-state index < -0.39 is 0 Å². The molecule has 2 rings (SSSR count). The molecule has 0 fully saturated rings. The van der Waals surface area contributed by atoms with Crippen LogP contribution in [0.25, 0.3) is 0 Å². The Kier molecular flexibility index (Phi) is 5.18. The van der Waals surface area contributed by atoms with Crippen LogP contribution in [0.5, 0.6) is 11.5 Å². The van der Waals surface area contributed by atoms with Crippen molar-refractivity contribution < 1.29 is 14.3 Å². The van der Waals surface area contributed by atoms with Gasteiger partial charge in [0.25, 0.3) is 5.91 Å². The molecule has 5 heteroatoms. The minimum atomic E-state index is -0.267. The van der Waals surface area contributed by atoms with Gasteiger partial charge >= 0.3 is 0 Å². The predicted molar refractivity (Wildman–Crippen MR) is 78.1 cm³/mol. The van der Waals surface area contributed by atoms with Gasteiger partial charge in [0.2, 0.25) is 0 Å². The van der Waals surface area contributed by atoms with E-state index in [-0.39, 0.29) is 19.1 Å². The number of nitriles is 1. The molecule has 0 heterocycles. The maximum atomic E-state index is 11.8. The Morgan fingerprint density at radius 3 is 2.57 bits per heavy atom. The highest BCUT2D eigenvalue weighted by atomic mass is 16.5. The van der Waals surface area contributed by atoms with Crippen LogP contribution < -0.4 is 14.8 Å². The van der Waals surface area contributed by atoms with E-state index in [0.29, 0.717) is 17.2 Å². The molecule has 0 aliphatic carbocycles. The van der Waals surface area contributed by atoms with Crippen molar-refractivity contribution in [3.63, 3.8) is 0 Å². The number of carbonyl (C=O) groups is 1. The summed E-state index contributed by atoms with van der Waals surface area (Å²) < 4.78 is 10.5. The van der Waals surface area contributed by atoms with E-state index in [2.05, 4.69) is 5.32 Å². The first kappa shape index (κ1) is 14.4. The number of hydrogen-bond acceptors (Lipinski definition) is 4. The van der Waals surface area contributed by atoms with Crippen LogP contribution in [0.4, 0.5) is 5.69 Å². The van der Waals surface area contributed by atoms with Gasteiger partial charge in [-0.15, -0.1) is 0 Å². The smallest absolute Gasteiger partial charge is 0.262 e. The Morgan fingerprint density at radius 1 is 1.05 bits per heavy atom. The van der Waals surface area contributed by atoms with Gasteiger partial charge in [0.05, 0.1) is 0 Å². The van der Waals surface area contributed by atoms with E-state index in [1.807, 2.05) is 24.3 Å². The van der Waals surface area contributed by atoms with Crippen molar-refractivity contribution in [1.82, 2.24) is 0 Å². The van der Waals surface area contributed by atoms with E-state index >= 15 is 0 Å². The van der Waals surface area contributed by atoms with E-state index in [0.717, 1.165) is 0 Å². The van der Waals surface area contributed by atoms with Crippen LogP contribution >= 0.6 is 0 Å². The summed E-state index contributed by atoms with van der Waals surface area (Å²) in [5.41, 5.74) is 0.590. The Bertz CT molecular complexity index is 635. The lowest BCUT2D eigenvalue weighted by atomic mass is 10.3. The largest absolute Gasteiger partial charge is 0.484 e. The number of nitrogens with one attached hydrogen (secondary N) is 1. The average molecular weight is 282 g/mol. The summed E-state index contributed by atoms with van der Waals surface area (Å²) in [6.07, 6.45) is 0. The molecule has 0 saturated heterocycles. The zero-order valence-electron chi connectivity index (χ0n) is 11.3. The third-order valence-electron chi connectivity index (χ3n) is 2.53. The number of nitrogens with zero attached hydrogens (tertiary/aromatic N) is 1. The summed E-state index contributed by atoms with van der Waals surface area (Å²) >= 11 is 0. The van der Waals surface area contributed by atoms with Crippen molar-refractivity contribution in [2.75, 3.05) is 18.5 Å². The molecule has 0 aromatic heterocycles. The highest BCUT2D eigenvalue weighted by Gasteiger charge is 2.04. The highest BCUT2D eigenvalue weighted by molar-refractivity contribution is 5.92. The van der Waals surface area contributed by atoms with Crippen molar-refractivity contribution in [1.29, 1.82) is 5.26 Å².